The molecule has 1 aromatic heterocycles. The van der Waals surface area contributed by atoms with Crippen LogP contribution in [-0.2, 0) is 16.6 Å². The standard InChI is InChI=1S/C19H15ClFN3O3S/c20-15-5-1-4-14(9-15)19(25)24-18-7-6-16(10-17(18)21)28(26,27)23-12-13-3-2-8-22-11-13/h1-11,23H,12H2,(H,24,25). The summed E-state index contributed by atoms with van der Waals surface area (Å²) < 4.78 is 41.4. The van der Waals surface area contributed by atoms with E-state index in [2.05, 4.69) is 15.0 Å². The van der Waals surface area contributed by atoms with Gasteiger partial charge in [0.2, 0.25) is 10.0 Å². The number of halogens is 2. The number of rotatable bonds is 6. The molecule has 3 aromatic rings. The molecule has 2 aromatic carbocycles. The molecule has 28 heavy (non-hydrogen) atoms. The quantitative estimate of drug-likeness (QED) is 0.639. The van der Waals surface area contributed by atoms with Gasteiger partial charge in [0.25, 0.3) is 5.91 Å². The molecule has 1 amide bonds. The number of aromatic nitrogens is 1. The van der Waals surface area contributed by atoms with Gasteiger partial charge in [0, 0.05) is 29.5 Å². The average molecular weight is 420 g/mol. The maximum atomic E-state index is 14.4. The van der Waals surface area contributed by atoms with Crippen molar-refractivity contribution >= 4 is 33.2 Å². The molecule has 0 fully saturated rings. The van der Waals surface area contributed by atoms with Crippen molar-refractivity contribution in [3.8, 4) is 0 Å². The van der Waals surface area contributed by atoms with Gasteiger partial charge in [0.05, 0.1) is 10.6 Å². The molecule has 2 N–H and O–H groups in total. The summed E-state index contributed by atoms with van der Waals surface area (Å²) in [4.78, 5) is 15.8. The zero-order valence-electron chi connectivity index (χ0n) is 14.4. The van der Waals surface area contributed by atoms with E-state index in [0.717, 1.165) is 6.07 Å². The van der Waals surface area contributed by atoms with Gasteiger partial charge in [-0.3, -0.25) is 9.78 Å². The summed E-state index contributed by atoms with van der Waals surface area (Å²) >= 11 is 5.84. The molecule has 0 spiro atoms. The first-order chi connectivity index (χ1) is 13.3. The van der Waals surface area contributed by atoms with Crippen molar-refractivity contribution in [3.63, 3.8) is 0 Å². The summed E-state index contributed by atoms with van der Waals surface area (Å²) in [5.74, 6) is -1.44. The Bertz CT molecular complexity index is 1110. The van der Waals surface area contributed by atoms with E-state index in [4.69, 9.17) is 11.6 Å². The van der Waals surface area contributed by atoms with Crippen molar-refractivity contribution in [2.75, 3.05) is 5.32 Å². The number of pyridine rings is 1. The minimum absolute atomic E-state index is 0.0189. The van der Waals surface area contributed by atoms with Crippen LogP contribution in [0, 0.1) is 5.82 Å². The van der Waals surface area contributed by atoms with Crippen LogP contribution in [0.25, 0.3) is 0 Å². The number of carbonyl (C=O) groups excluding carboxylic acids is 1. The minimum Gasteiger partial charge on any atom is -0.319 e. The predicted octanol–water partition coefficient (Wildman–Crippen LogP) is 3.60. The second kappa shape index (κ2) is 8.47. The fraction of sp³-hybridized carbons (Fsp3) is 0.0526. The third-order valence-corrected chi connectivity index (χ3v) is 5.41. The molecule has 0 aliphatic carbocycles. The lowest BCUT2D eigenvalue weighted by molar-refractivity contribution is 0.102. The van der Waals surface area contributed by atoms with Crippen molar-refractivity contribution < 1.29 is 17.6 Å². The Morgan fingerprint density at radius 1 is 1.11 bits per heavy atom. The summed E-state index contributed by atoms with van der Waals surface area (Å²) in [6, 6.07) is 12.8. The molecule has 0 saturated carbocycles. The SMILES string of the molecule is O=C(Nc1ccc(S(=O)(=O)NCc2cccnc2)cc1F)c1cccc(Cl)c1. The fourth-order valence-electron chi connectivity index (χ4n) is 2.35. The third kappa shape index (κ3) is 4.92. The zero-order chi connectivity index (χ0) is 20.1. The molecule has 0 radical (unpaired) electrons. The number of benzene rings is 2. The molecular formula is C19H15ClFN3O3S. The van der Waals surface area contributed by atoms with Crippen LogP contribution in [0.4, 0.5) is 10.1 Å². The predicted molar refractivity (Wildman–Crippen MR) is 104 cm³/mol. The van der Waals surface area contributed by atoms with Crippen LogP contribution in [-0.4, -0.2) is 19.3 Å². The lowest BCUT2D eigenvalue weighted by atomic mass is 10.2. The lowest BCUT2D eigenvalue weighted by Gasteiger charge is -2.10. The van der Waals surface area contributed by atoms with Crippen molar-refractivity contribution in [1.82, 2.24) is 9.71 Å². The van der Waals surface area contributed by atoms with Gasteiger partial charge >= 0.3 is 0 Å². The van der Waals surface area contributed by atoms with Crippen molar-refractivity contribution in [3.05, 3.63) is 89.0 Å². The number of hydrogen-bond donors (Lipinski definition) is 2. The molecule has 9 heteroatoms. The largest absolute Gasteiger partial charge is 0.319 e. The van der Waals surface area contributed by atoms with Gasteiger partial charge in [0.1, 0.15) is 5.82 Å². The van der Waals surface area contributed by atoms with Crippen LogP contribution in [0.3, 0.4) is 0 Å². The van der Waals surface area contributed by atoms with Crippen LogP contribution in [0.1, 0.15) is 15.9 Å². The number of amides is 1. The Kier molecular flexibility index (Phi) is 6.03. The molecule has 0 saturated heterocycles. The van der Waals surface area contributed by atoms with E-state index >= 15 is 0 Å². The Morgan fingerprint density at radius 2 is 1.93 bits per heavy atom. The van der Waals surface area contributed by atoms with E-state index in [9.17, 15) is 17.6 Å². The van der Waals surface area contributed by atoms with E-state index in [-0.39, 0.29) is 22.7 Å². The van der Waals surface area contributed by atoms with E-state index in [1.807, 2.05) is 0 Å². The molecule has 0 bridgehead atoms. The topological polar surface area (TPSA) is 88.2 Å². The highest BCUT2D eigenvalue weighted by atomic mass is 35.5. The van der Waals surface area contributed by atoms with E-state index < -0.39 is 21.7 Å². The molecule has 0 aliphatic heterocycles. The maximum absolute atomic E-state index is 14.4. The lowest BCUT2D eigenvalue weighted by Crippen LogP contribution is -2.23. The highest BCUT2D eigenvalue weighted by Gasteiger charge is 2.17. The molecule has 0 atom stereocenters. The van der Waals surface area contributed by atoms with E-state index in [1.54, 1.807) is 30.5 Å². The molecule has 144 valence electrons. The fourth-order valence-corrected chi connectivity index (χ4v) is 3.57. The van der Waals surface area contributed by atoms with Gasteiger partial charge in [-0.15, -0.1) is 0 Å². The Morgan fingerprint density at radius 3 is 2.61 bits per heavy atom. The van der Waals surface area contributed by atoms with Crippen LogP contribution in [0.15, 0.2) is 71.9 Å². The number of nitrogens with one attached hydrogen (secondary N) is 2. The van der Waals surface area contributed by atoms with Gasteiger partial charge in [-0.05, 0) is 48.0 Å². The first kappa shape index (κ1) is 19.9. The van der Waals surface area contributed by atoms with Gasteiger partial charge in [-0.25, -0.2) is 17.5 Å². The summed E-state index contributed by atoms with van der Waals surface area (Å²) in [7, 11) is -3.93. The maximum Gasteiger partial charge on any atom is 0.255 e. The number of anilines is 1. The zero-order valence-corrected chi connectivity index (χ0v) is 16.0. The molecule has 3 rings (SSSR count). The molecule has 0 unspecified atom stereocenters. The highest BCUT2D eigenvalue weighted by molar-refractivity contribution is 7.89. The van der Waals surface area contributed by atoms with Crippen LogP contribution >= 0.6 is 11.6 Å². The monoisotopic (exact) mass is 419 g/mol. The number of carbonyl (C=O) groups is 1. The van der Waals surface area contributed by atoms with Crippen molar-refractivity contribution in [2.45, 2.75) is 11.4 Å². The summed E-state index contributed by atoms with van der Waals surface area (Å²) in [5.41, 5.74) is 0.773. The summed E-state index contributed by atoms with van der Waals surface area (Å²) in [6.45, 7) is 0.0189. The summed E-state index contributed by atoms with van der Waals surface area (Å²) in [6.07, 6.45) is 3.10. The number of hydrogen-bond acceptors (Lipinski definition) is 4. The minimum atomic E-state index is -3.93. The van der Waals surface area contributed by atoms with Crippen LogP contribution in [0.5, 0.6) is 0 Å². The first-order valence-electron chi connectivity index (χ1n) is 8.10. The summed E-state index contributed by atoms with van der Waals surface area (Å²) in [5, 5.41) is 2.76. The second-order valence-electron chi connectivity index (χ2n) is 5.79. The Balaban J connectivity index is 1.73. The molecule has 6 nitrogen and oxygen atoms in total. The first-order valence-corrected chi connectivity index (χ1v) is 9.96. The van der Waals surface area contributed by atoms with Gasteiger partial charge in [-0.2, -0.15) is 0 Å². The molecule has 1 heterocycles. The molecular weight excluding hydrogens is 405 g/mol. The highest BCUT2D eigenvalue weighted by Crippen LogP contribution is 2.20. The van der Waals surface area contributed by atoms with Gasteiger partial charge in [-0.1, -0.05) is 23.7 Å². The number of nitrogens with zero attached hydrogens (tertiary/aromatic N) is 1. The van der Waals surface area contributed by atoms with E-state index in [0.29, 0.717) is 10.6 Å². The Labute approximate surface area is 166 Å². The molecule has 0 aliphatic rings. The van der Waals surface area contributed by atoms with Crippen molar-refractivity contribution in [2.24, 2.45) is 0 Å². The smallest absolute Gasteiger partial charge is 0.255 e. The van der Waals surface area contributed by atoms with Crippen molar-refractivity contribution in [1.29, 1.82) is 0 Å². The van der Waals surface area contributed by atoms with Crippen LogP contribution in [0.2, 0.25) is 5.02 Å². The van der Waals surface area contributed by atoms with Crippen LogP contribution < -0.4 is 10.0 Å². The average Bonchev–Trinajstić information content (AvgIpc) is 2.68. The third-order valence-electron chi connectivity index (χ3n) is 3.77. The normalized spacial score (nSPS) is 11.2. The van der Waals surface area contributed by atoms with Gasteiger partial charge < -0.3 is 5.32 Å². The second-order valence-corrected chi connectivity index (χ2v) is 8.00. The van der Waals surface area contributed by atoms with Gasteiger partial charge in [0.15, 0.2) is 0 Å². The number of sulfonamides is 1. The van der Waals surface area contributed by atoms with E-state index in [1.165, 1.54) is 30.5 Å². The Hall–Kier alpha value is -2.81.